The zero-order valence-electron chi connectivity index (χ0n) is 12.4. The number of carbonyl (C=O) groups is 1. The molecular formula is C16H14FN3OS2. The number of nitrogens with one attached hydrogen (secondary N) is 1. The van der Waals surface area contributed by atoms with Crippen LogP contribution in [0.5, 0.6) is 0 Å². The van der Waals surface area contributed by atoms with Crippen molar-refractivity contribution in [1.29, 1.82) is 0 Å². The van der Waals surface area contributed by atoms with Crippen LogP contribution in [0.2, 0.25) is 0 Å². The molecule has 3 rings (SSSR count). The normalized spacial score (nSPS) is 10.7. The highest BCUT2D eigenvalue weighted by Gasteiger charge is 2.11. The maximum absolute atomic E-state index is 12.9. The maximum Gasteiger partial charge on any atom is 0.263 e. The third kappa shape index (κ3) is 4.20. The minimum Gasteiger partial charge on any atom is -0.345 e. The monoisotopic (exact) mass is 347 g/mol. The van der Waals surface area contributed by atoms with E-state index in [1.165, 1.54) is 34.8 Å². The van der Waals surface area contributed by atoms with Crippen LogP contribution in [0.15, 0.2) is 35.8 Å². The topological polar surface area (TPSA) is 54.9 Å². The molecule has 0 aliphatic carbocycles. The van der Waals surface area contributed by atoms with Crippen molar-refractivity contribution in [3.63, 3.8) is 0 Å². The summed E-state index contributed by atoms with van der Waals surface area (Å²) in [6, 6.07) is 6.29. The Morgan fingerprint density at radius 3 is 2.74 bits per heavy atom. The molecule has 118 valence electrons. The molecule has 7 heteroatoms. The molecule has 0 spiro atoms. The number of amides is 1. The van der Waals surface area contributed by atoms with Gasteiger partial charge in [-0.05, 0) is 24.6 Å². The summed E-state index contributed by atoms with van der Waals surface area (Å²) in [5.41, 5.74) is 1.92. The fraction of sp³-hybridized carbons (Fsp3) is 0.188. The molecule has 1 amide bonds. The summed E-state index contributed by atoms with van der Waals surface area (Å²) < 4.78 is 12.9. The Morgan fingerprint density at radius 1 is 1.26 bits per heavy atom. The largest absolute Gasteiger partial charge is 0.345 e. The van der Waals surface area contributed by atoms with Crippen LogP contribution in [0.3, 0.4) is 0 Å². The summed E-state index contributed by atoms with van der Waals surface area (Å²) in [5.74, 6) is -0.411. The van der Waals surface area contributed by atoms with E-state index in [1.807, 2.05) is 12.3 Å². The number of aryl methyl sites for hydroxylation is 1. The number of benzene rings is 1. The number of thiazole rings is 2. The molecular weight excluding hydrogens is 333 g/mol. The van der Waals surface area contributed by atoms with Crippen LogP contribution in [0, 0.1) is 12.7 Å². The van der Waals surface area contributed by atoms with E-state index in [4.69, 9.17) is 0 Å². The zero-order chi connectivity index (χ0) is 16.2. The summed E-state index contributed by atoms with van der Waals surface area (Å²) >= 11 is 2.87. The number of hydrogen-bond donors (Lipinski definition) is 1. The molecule has 2 heterocycles. The van der Waals surface area contributed by atoms with Crippen molar-refractivity contribution in [3.8, 4) is 0 Å². The molecule has 1 aromatic carbocycles. The Balaban J connectivity index is 1.59. The molecule has 0 radical (unpaired) electrons. The molecule has 1 N–H and O–H groups in total. The number of rotatable bonds is 5. The highest BCUT2D eigenvalue weighted by molar-refractivity contribution is 7.13. The molecule has 2 aromatic heterocycles. The van der Waals surface area contributed by atoms with Crippen molar-refractivity contribution in [3.05, 3.63) is 67.8 Å². The van der Waals surface area contributed by atoms with E-state index in [1.54, 1.807) is 18.3 Å². The standard InChI is InChI=1S/C16H14FN3OS2/c1-10-9-22-15(20-10)8-19-16(21)13-7-18-14(23-13)6-11-2-4-12(17)5-3-11/h2-5,7,9H,6,8H2,1H3,(H,19,21). The van der Waals surface area contributed by atoms with E-state index in [9.17, 15) is 9.18 Å². The van der Waals surface area contributed by atoms with E-state index in [-0.39, 0.29) is 11.7 Å². The summed E-state index contributed by atoms with van der Waals surface area (Å²) in [5, 5.41) is 6.50. The molecule has 3 aromatic rings. The fourth-order valence-electron chi connectivity index (χ4n) is 2.00. The average molecular weight is 347 g/mol. The second kappa shape index (κ2) is 6.97. The highest BCUT2D eigenvalue weighted by atomic mass is 32.1. The van der Waals surface area contributed by atoms with Crippen LogP contribution in [-0.4, -0.2) is 15.9 Å². The third-order valence-electron chi connectivity index (χ3n) is 3.11. The molecule has 0 aliphatic heterocycles. The number of hydrogen-bond acceptors (Lipinski definition) is 5. The van der Waals surface area contributed by atoms with Crippen molar-refractivity contribution in [1.82, 2.24) is 15.3 Å². The molecule has 0 atom stereocenters. The summed E-state index contributed by atoms with van der Waals surface area (Å²) in [4.78, 5) is 21.3. The Morgan fingerprint density at radius 2 is 2.04 bits per heavy atom. The molecule has 4 nitrogen and oxygen atoms in total. The summed E-state index contributed by atoms with van der Waals surface area (Å²) in [6.45, 7) is 2.34. The average Bonchev–Trinajstić information content (AvgIpc) is 3.16. The van der Waals surface area contributed by atoms with Gasteiger partial charge in [0.2, 0.25) is 0 Å². The van der Waals surface area contributed by atoms with E-state index < -0.39 is 0 Å². The smallest absolute Gasteiger partial charge is 0.263 e. The van der Waals surface area contributed by atoms with Crippen molar-refractivity contribution in [2.75, 3.05) is 0 Å². The molecule has 0 saturated carbocycles. The van der Waals surface area contributed by atoms with Crippen molar-refractivity contribution >= 4 is 28.6 Å². The van der Waals surface area contributed by atoms with Crippen LogP contribution < -0.4 is 5.32 Å². The number of halogens is 1. The van der Waals surface area contributed by atoms with Crippen molar-refractivity contribution in [2.24, 2.45) is 0 Å². The SMILES string of the molecule is Cc1csc(CNC(=O)c2cnc(Cc3ccc(F)cc3)s2)n1. The van der Waals surface area contributed by atoms with Gasteiger partial charge in [0, 0.05) is 17.5 Å². The van der Waals surface area contributed by atoms with Gasteiger partial charge in [0.15, 0.2) is 0 Å². The molecule has 0 unspecified atom stereocenters. The van der Waals surface area contributed by atoms with Gasteiger partial charge in [-0.1, -0.05) is 12.1 Å². The van der Waals surface area contributed by atoms with Crippen LogP contribution >= 0.6 is 22.7 Å². The molecule has 23 heavy (non-hydrogen) atoms. The zero-order valence-corrected chi connectivity index (χ0v) is 14.0. The van der Waals surface area contributed by atoms with Gasteiger partial charge in [0.05, 0.1) is 17.7 Å². The van der Waals surface area contributed by atoms with Crippen LogP contribution in [-0.2, 0) is 13.0 Å². The fourth-order valence-corrected chi connectivity index (χ4v) is 3.58. The van der Waals surface area contributed by atoms with Gasteiger partial charge >= 0.3 is 0 Å². The first-order chi connectivity index (χ1) is 11.1. The first kappa shape index (κ1) is 15.8. The number of nitrogens with zero attached hydrogens (tertiary/aromatic N) is 2. The van der Waals surface area contributed by atoms with Gasteiger partial charge in [0.1, 0.15) is 15.7 Å². The van der Waals surface area contributed by atoms with E-state index in [0.717, 1.165) is 21.3 Å². The minimum atomic E-state index is -0.259. The summed E-state index contributed by atoms with van der Waals surface area (Å²) in [7, 11) is 0. The van der Waals surface area contributed by atoms with Crippen LogP contribution in [0.4, 0.5) is 4.39 Å². The lowest BCUT2D eigenvalue weighted by atomic mass is 10.2. The lowest BCUT2D eigenvalue weighted by Crippen LogP contribution is -2.21. The molecule has 0 fully saturated rings. The third-order valence-corrected chi connectivity index (χ3v) is 5.08. The lowest BCUT2D eigenvalue weighted by molar-refractivity contribution is 0.0954. The second-order valence-corrected chi connectivity index (χ2v) is 7.04. The Bertz CT molecular complexity index is 811. The van der Waals surface area contributed by atoms with Gasteiger partial charge in [-0.2, -0.15) is 0 Å². The van der Waals surface area contributed by atoms with Gasteiger partial charge in [0.25, 0.3) is 5.91 Å². The van der Waals surface area contributed by atoms with E-state index in [0.29, 0.717) is 17.8 Å². The van der Waals surface area contributed by atoms with Crippen LogP contribution in [0.1, 0.15) is 30.9 Å². The van der Waals surface area contributed by atoms with Gasteiger partial charge in [-0.3, -0.25) is 4.79 Å². The van der Waals surface area contributed by atoms with Gasteiger partial charge in [-0.25, -0.2) is 14.4 Å². The number of carbonyl (C=O) groups excluding carboxylic acids is 1. The highest BCUT2D eigenvalue weighted by Crippen LogP contribution is 2.17. The number of aromatic nitrogens is 2. The van der Waals surface area contributed by atoms with Crippen molar-refractivity contribution in [2.45, 2.75) is 19.9 Å². The lowest BCUT2D eigenvalue weighted by Gasteiger charge is -2.00. The van der Waals surface area contributed by atoms with Gasteiger partial charge < -0.3 is 5.32 Å². The predicted octanol–water partition coefficient (Wildman–Crippen LogP) is 3.57. The Kier molecular flexibility index (Phi) is 4.78. The Hall–Kier alpha value is -2.12. The summed E-state index contributed by atoms with van der Waals surface area (Å²) in [6.07, 6.45) is 2.16. The molecule has 0 aliphatic rings. The minimum absolute atomic E-state index is 0.152. The predicted molar refractivity (Wildman–Crippen MR) is 89.3 cm³/mol. The molecule has 0 bridgehead atoms. The first-order valence-electron chi connectivity index (χ1n) is 6.98. The first-order valence-corrected chi connectivity index (χ1v) is 8.68. The van der Waals surface area contributed by atoms with Crippen molar-refractivity contribution < 1.29 is 9.18 Å². The van der Waals surface area contributed by atoms with Gasteiger partial charge in [-0.15, -0.1) is 22.7 Å². The quantitative estimate of drug-likeness (QED) is 0.768. The maximum atomic E-state index is 12.9. The second-order valence-electron chi connectivity index (χ2n) is 4.99. The molecule has 0 saturated heterocycles. The Labute approximate surface area is 141 Å². The van der Waals surface area contributed by atoms with E-state index >= 15 is 0 Å². The van der Waals surface area contributed by atoms with Crippen LogP contribution in [0.25, 0.3) is 0 Å². The van der Waals surface area contributed by atoms with E-state index in [2.05, 4.69) is 15.3 Å².